The molecule has 0 aromatic heterocycles. The molecule has 0 heterocycles. The summed E-state index contributed by atoms with van der Waals surface area (Å²) in [5.41, 5.74) is 15.7. The second kappa shape index (κ2) is 21.8. The number of hydrogen-bond acceptors (Lipinski definition) is 6. The molecule has 0 amide bonds. The van der Waals surface area contributed by atoms with Crippen molar-refractivity contribution in [1.29, 1.82) is 0 Å². The summed E-state index contributed by atoms with van der Waals surface area (Å²) in [6, 6.07) is -2.07. The van der Waals surface area contributed by atoms with E-state index in [1.807, 2.05) is 41.5 Å². The SMILES string of the molecule is CC(C)C[C@H](N)C(=O)O.CC(C)C[C@H](N)C(=O)O.CC(C)C[C@H](N)C(=O)O.Cl.[Cr]. The van der Waals surface area contributed by atoms with Gasteiger partial charge in [-0.2, -0.15) is 0 Å². The van der Waals surface area contributed by atoms with Gasteiger partial charge in [0.2, 0.25) is 0 Å². The molecule has 0 aliphatic rings. The van der Waals surface area contributed by atoms with Gasteiger partial charge in [0, 0.05) is 17.4 Å². The fourth-order valence-corrected chi connectivity index (χ4v) is 1.83. The Morgan fingerprint density at radius 2 is 0.724 bits per heavy atom. The van der Waals surface area contributed by atoms with E-state index in [2.05, 4.69) is 0 Å². The fraction of sp³-hybridized carbons (Fsp3) is 0.833. The second-order valence-corrected chi connectivity index (χ2v) is 7.72. The summed E-state index contributed by atoms with van der Waals surface area (Å²) in [5, 5.41) is 24.9. The number of carboxylic acids is 3. The molecule has 0 aliphatic heterocycles. The van der Waals surface area contributed by atoms with Gasteiger partial charge in [-0.1, -0.05) is 41.5 Å². The normalized spacial score (nSPS) is 12.8. The van der Waals surface area contributed by atoms with Crippen molar-refractivity contribution in [2.75, 3.05) is 0 Å². The molecule has 9 nitrogen and oxygen atoms in total. The van der Waals surface area contributed by atoms with Crippen molar-refractivity contribution in [3.63, 3.8) is 0 Å². The van der Waals surface area contributed by atoms with E-state index in [0.717, 1.165) is 0 Å². The minimum atomic E-state index is -0.913. The van der Waals surface area contributed by atoms with Crippen LogP contribution in [-0.2, 0) is 31.7 Å². The van der Waals surface area contributed by atoms with Crippen molar-refractivity contribution in [2.45, 2.75) is 78.9 Å². The first-order chi connectivity index (χ1) is 12.1. The van der Waals surface area contributed by atoms with Crippen molar-refractivity contribution >= 4 is 30.3 Å². The van der Waals surface area contributed by atoms with Crippen molar-refractivity contribution in [1.82, 2.24) is 0 Å². The smallest absolute Gasteiger partial charge is 0.320 e. The maximum absolute atomic E-state index is 10.1. The van der Waals surface area contributed by atoms with E-state index in [1.165, 1.54) is 0 Å². The number of carbonyl (C=O) groups is 3. The summed E-state index contributed by atoms with van der Waals surface area (Å²) in [6.07, 6.45) is 1.65. The standard InChI is InChI=1S/3C6H13NO2.ClH.Cr/c3*1-4(2)3-5(7)6(8)9;;/h3*4-5H,3,7H2,1-2H3,(H,8,9);1H;/t3*5-;;/m000../s1. The Morgan fingerprint density at radius 3 is 0.759 bits per heavy atom. The Balaban J connectivity index is -0.0000000960. The molecule has 0 rings (SSSR count). The predicted molar refractivity (Wildman–Crippen MR) is 112 cm³/mol. The third-order valence-corrected chi connectivity index (χ3v) is 3.13. The van der Waals surface area contributed by atoms with E-state index < -0.39 is 36.0 Å². The number of hydrogen-bond donors (Lipinski definition) is 6. The van der Waals surface area contributed by atoms with Crippen LogP contribution in [0, 0.1) is 17.8 Å². The Labute approximate surface area is 191 Å². The van der Waals surface area contributed by atoms with Gasteiger partial charge in [-0.25, -0.2) is 0 Å². The van der Waals surface area contributed by atoms with Gasteiger partial charge in [-0.15, -0.1) is 12.4 Å². The Kier molecular flexibility index (Phi) is 29.1. The number of carboxylic acid groups (broad SMARTS) is 3. The molecule has 0 aromatic rings. The molecule has 0 saturated carbocycles. The molecule has 0 unspecified atom stereocenters. The zero-order valence-electron chi connectivity index (χ0n) is 18.2. The first kappa shape index (κ1) is 38.7. The van der Waals surface area contributed by atoms with Crippen LogP contribution in [-0.4, -0.2) is 51.4 Å². The molecule has 0 bridgehead atoms. The monoisotopic (exact) mass is 481 g/mol. The summed E-state index contributed by atoms with van der Waals surface area (Å²) in [7, 11) is 0. The Morgan fingerprint density at radius 1 is 0.586 bits per heavy atom. The van der Waals surface area contributed by atoms with E-state index in [9.17, 15) is 14.4 Å². The van der Waals surface area contributed by atoms with E-state index in [0.29, 0.717) is 37.0 Å². The van der Waals surface area contributed by atoms with Gasteiger partial charge in [-0.05, 0) is 37.0 Å². The van der Waals surface area contributed by atoms with Crippen LogP contribution in [0.5, 0.6) is 0 Å². The summed E-state index contributed by atoms with van der Waals surface area (Å²) in [6.45, 7) is 11.7. The van der Waals surface area contributed by atoms with Gasteiger partial charge >= 0.3 is 17.9 Å². The molecular weight excluding hydrogens is 442 g/mol. The van der Waals surface area contributed by atoms with Crippen LogP contribution in [0.4, 0.5) is 0 Å². The van der Waals surface area contributed by atoms with Gasteiger partial charge in [0.25, 0.3) is 0 Å². The van der Waals surface area contributed by atoms with Crippen molar-refractivity contribution in [3.8, 4) is 0 Å². The molecule has 0 radical (unpaired) electrons. The summed E-state index contributed by atoms with van der Waals surface area (Å²) in [4.78, 5) is 30.3. The molecule has 29 heavy (non-hydrogen) atoms. The second-order valence-electron chi connectivity index (χ2n) is 7.72. The quantitative estimate of drug-likeness (QED) is 0.284. The first-order valence-corrected chi connectivity index (χ1v) is 9.06. The predicted octanol–water partition coefficient (Wildman–Crippen LogP) is 1.75. The van der Waals surface area contributed by atoms with Gasteiger partial charge in [0.1, 0.15) is 18.1 Å². The average molecular weight is 482 g/mol. The van der Waals surface area contributed by atoms with Crippen LogP contribution in [0.1, 0.15) is 60.8 Å². The fourth-order valence-electron chi connectivity index (χ4n) is 1.83. The zero-order valence-corrected chi connectivity index (χ0v) is 20.3. The zero-order chi connectivity index (χ0) is 22.3. The van der Waals surface area contributed by atoms with Crippen LogP contribution in [0.2, 0.25) is 0 Å². The van der Waals surface area contributed by atoms with Crippen molar-refractivity contribution in [2.24, 2.45) is 35.0 Å². The van der Waals surface area contributed by atoms with Gasteiger partial charge in [0.15, 0.2) is 0 Å². The Hall–Kier alpha value is -0.888. The number of rotatable bonds is 9. The molecule has 0 saturated heterocycles. The van der Waals surface area contributed by atoms with Crippen molar-refractivity contribution < 1.29 is 47.1 Å². The van der Waals surface area contributed by atoms with Crippen LogP contribution in [0.25, 0.3) is 0 Å². The first-order valence-electron chi connectivity index (χ1n) is 9.06. The molecule has 3 atom stereocenters. The summed E-state index contributed by atoms with van der Waals surface area (Å²) < 4.78 is 0. The number of halogens is 1. The van der Waals surface area contributed by atoms with Gasteiger partial charge in [-0.3, -0.25) is 14.4 Å². The molecule has 9 N–H and O–H groups in total. The molecular formula is C18H40ClCrN3O6. The summed E-state index contributed by atoms with van der Waals surface area (Å²) in [5.74, 6) is -1.67. The molecule has 0 spiro atoms. The topological polar surface area (TPSA) is 190 Å². The van der Waals surface area contributed by atoms with Crippen LogP contribution in [0.3, 0.4) is 0 Å². The van der Waals surface area contributed by atoms with Gasteiger partial charge < -0.3 is 32.5 Å². The minimum Gasteiger partial charge on any atom is -0.480 e. The van der Waals surface area contributed by atoms with Gasteiger partial charge in [0.05, 0.1) is 0 Å². The third kappa shape index (κ3) is 32.0. The molecule has 0 fully saturated rings. The van der Waals surface area contributed by atoms with E-state index >= 15 is 0 Å². The average Bonchev–Trinajstić information content (AvgIpc) is 2.46. The molecule has 0 aliphatic carbocycles. The van der Waals surface area contributed by atoms with Crippen LogP contribution < -0.4 is 17.2 Å². The van der Waals surface area contributed by atoms with Crippen molar-refractivity contribution in [3.05, 3.63) is 0 Å². The molecule has 0 aromatic carbocycles. The van der Waals surface area contributed by atoms with Crippen LogP contribution in [0.15, 0.2) is 0 Å². The largest absolute Gasteiger partial charge is 0.480 e. The van der Waals surface area contributed by atoms with Crippen LogP contribution >= 0.6 is 12.4 Å². The number of aliphatic carboxylic acids is 3. The number of nitrogens with two attached hydrogens (primary N) is 3. The van der Waals surface area contributed by atoms with E-state index in [4.69, 9.17) is 32.5 Å². The maximum Gasteiger partial charge on any atom is 0.320 e. The van der Waals surface area contributed by atoms with E-state index in [1.54, 1.807) is 0 Å². The molecule has 176 valence electrons. The third-order valence-electron chi connectivity index (χ3n) is 3.13. The minimum absolute atomic E-state index is 0. The Bertz CT molecular complexity index is 378. The summed E-state index contributed by atoms with van der Waals surface area (Å²) >= 11 is 0. The maximum atomic E-state index is 10.1. The van der Waals surface area contributed by atoms with E-state index in [-0.39, 0.29) is 29.8 Å². The molecule has 11 heteroatoms.